The molecule has 0 saturated carbocycles. The van der Waals surface area contributed by atoms with Crippen LogP contribution in [0.3, 0.4) is 0 Å². The number of hydrogen-bond donors (Lipinski definition) is 3. The molecule has 0 radical (unpaired) electrons. The Hall–Kier alpha value is -5.94. The lowest BCUT2D eigenvalue weighted by Gasteiger charge is -2.30. The number of hydrogen-bond acceptors (Lipinski definition) is 4. The summed E-state index contributed by atoms with van der Waals surface area (Å²) in [5.41, 5.74) is 14.2. The summed E-state index contributed by atoms with van der Waals surface area (Å²) in [6.07, 6.45) is 38.4. The topological polar surface area (TPSA) is 65.1 Å². The van der Waals surface area contributed by atoms with Gasteiger partial charge in [0.05, 0.1) is 34.9 Å². The molecule has 5 nitrogen and oxygen atoms in total. The van der Waals surface area contributed by atoms with Crippen molar-refractivity contribution in [1.29, 1.82) is 0 Å². The molecule has 0 saturated heterocycles. The monoisotopic (exact) mass is 619 g/mol. The van der Waals surface area contributed by atoms with Crippen LogP contribution in [0.2, 0.25) is 0 Å². The molecular formula is C43H33N5. The van der Waals surface area contributed by atoms with E-state index in [1.54, 1.807) is 0 Å². The molecule has 48 heavy (non-hydrogen) atoms. The highest BCUT2D eigenvalue weighted by atomic mass is 15.0. The molecule has 0 amide bonds. The lowest BCUT2D eigenvalue weighted by molar-refractivity contribution is 0.744. The van der Waals surface area contributed by atoms with Crippen molar-refractivity contribution in [3.05, 3.63) is 173 Å². The van der Waals surface area contributed by atoms with Gasteiger partial charge in [0.25, 0.3) is 0 Å². The maximum atomic E-state index is 4.97. The molecular weight excluding hydrogens is 587 g/mol. The number of aromatic amines is 1. The summed E-state index contributed by atoms with van der Waals surface area (Å²) in [6, 6.07) is 15.6. The van der Waals surface area contributed by atoms with Crippen molar-refractivity contribution >= 4 is 50.6 Å². The molecule has 3 aliphatic heterocycles. The maximum Gasteiger partial charge on any atom is 0.0948 e. The van der Waals surface area contributed by atoms with E-state index in [0.717, 1.165) is 34.6 Å². The normalized spacial score (nSPS) is 24.8. The van der Waals surface area contributed by atoms with E-state index in [1.165, 1.54) is 49.8 Å². The first kappa shape index (κ1) is 27.2. The van der Waals surface area contributed by atoms with Crippen LogP contribution in [0, 0.1) is 5.92 Å². The van der Waals surface area contributed by atoms with Gasteiger partial charge in [-0.15, -0.1) is 0 Å². The van der Waals surface area contributed by atoms with Gasteiger partial charge >= 0.3 is 0 Å². The lowest BCUT2D eigenvalue weighted by Crippen LogP contribution is -2.32. The number of aromatic nitrogens is 2. The molecule has 2 aromatic carbocycles. The van der Waals surface area contributed by atoms with E-state index in [2.05, 4.69) is 143 Å². The first-order valence-electron chi connectivity index (χ1n) is 16.8. The molecule has 10 rings (SSSR count). The van der Waals surface area contributed by atoms with Crippen LogP contribution in [0.25, 0.3) is 39.2 Å². The van der Waals surface area contributed by atoms with Gasteiger partial charge in [0.1, 0.15) is 0 Å². The van der Waals surface area contributed by atoms with Gasteiger partial charge in [0.15, 0.2) is 0 Å². The second-order valence-corrected chi connectivity index (χ2v) is 13.2. The van der Waals surface area contributed by atoms with Crippen molar-refractivity contribution < 1.29 is 0 Å². The Labute approximate surface area is 279 Å². The smallest absolute Gasteiger partial charge is 0.0948 e. The van der Waals surface area contributed by atoms with E-state index in [4.69, 9.17) is 9.98 Å². The van der Waals surface area contributed by atoms with Crippen LogP contribution in [-0.4, -0.2) is 33.8 Å². The number of anilines is 1. The largest absolute Gasteiger partial charge is 0.374 e. The van der Waals surface area contributed by atoms with Crippen LogP contribution in [0.4, 0.5) is 5.69 Å². The van der Waals surface area contributed by atoms with E-state index in [0.29, 0.717) is 5.92 Å². The molecule has 5 heteroatoms. The van der Waals surface area contributed by atoms with Crippen LogP contribution in [0.1, 0.15) is 23.1 Å². The maximum absolute atomic E-state index is 4.97. The third-order valence-electron chi connectivity index (χ3n) is 10.3. The molecule has 0 bridgehead atoms. The highest BCUT2D eigenvalue weighted by Gasteiger charge is 2.26. The van der Waals surface area contributed by atoms with Crippen molar-refractivity contribution in [2.75, 3.05) is 5.32 Å². The Kier molecular flexibility index (Phi) is 6.13. The molecule has 5 heterocycles. The molecule has 0 fully saturated rings. The van der Waals surface area contributed by atoms with Crippen molar-refractivity contribution in [2.45, 2.75) is 24.5 Å². The summed E-state index contributed by atoms with van der Waals surface area (Å²) in [4.78, 5) is 13.0. The summed E-state index contributed by atoms with van der Waals surface area (Å²) in [7, 11) is 0. The van der Waals surface area contributed by atoms with E-state index in [9.17, 15) is 0 Å². The predicted octanol–water partition coefficient (Wildman–Crippen LogP) is 8.79. The van der Waals surface area contributed by atoms with Crippen molar-refractivity contribution in [3.63, 3.8) is 0 Å². The lowest BCUT2D eigenvalue weighted by atomic mass is 9.82. The number of aliphatic imine (C=N–C) groups is 1. The fraction of sp³-hybridized carbons (Fsp3) is 0.116. The highest BCUT2D eigenvalue weighted by molar-refractivity contribution is 6.09. The van der Waals surface area contributed by atoms with Crippen molar-refractivity contribution in [3.8, 4) is 0 Å². The average molecular weight is 620 g/mol. The van der Waals surface area contributed by atoms with Crippen LogP contribution >= 0.6 is 0 Å². The quantitative estimate of drug-likeness (QED) is 0.214. The Morgan fingerprint density at radius 1 is 0.792 bits per heavy atom. The summed E-state index contributed by atoms with van der Waals surface area (Å²) in [5, 5.41) is 9.96. The van der Waals surface area contributed by atoms with Gasteiger partial charge in [0.2, 0.25) is 0 Å². The predicted molar refractivity (Wildman–Crippen MR) is 200 cm³/mol. The molecule has 6 aliphatic rings. The number of nitrogens with one attached hydrogen (secondary N) is 3. The number of rotatable bonds is 4. The number of allylic oxidation sites excluding steroid dienone is 10. The molecule has 230 valence electrons. The third kappa shape index (κ3) is 4.54. The minimum atomic E-state index is 0.0615. The zero-order valence-electron chi connectivity index (χ0n) is 26.3. The second kappa shape index (κ2) is 10.8. The average Bonchev–Trinajstić information content (AvgIpc) is 3.82. The number of benzene rings is 2. The molecule has 0 spiro atoms. The van der Waals surface area contributed by atoms with Crippen molar-refractivity contribution in [2.24, 2.45) is 10.9 Å². The number of fused-ring (bicyclic) bond motifs is 6. The third-order valence-corrected chi connectivity index (χ3v) is 10.3. The standard InChI is InChI=1S/C43H33N5/c1-2-6-36-31(4-1)25-41(47-36)38-18-16-29-12-14-32(24-40(29)48-38)37-17-15-28-11-13-30(23-39(28)46-37)26-7-9-27(10-8-26)35-22-33-19-21-45-42(33)43-34(35)5-3-20-44-43/h1-7,9-26,36,38-39,45-46,48H,8H2. The summed E-state index contributed by atoms with van der Waals surface area (Å²) >= 11 is 0. The molecule has 4 unspecified atom stereocenters. The SMILES string of the molecule is C1=CC2=CC(C3C=Cc4ccc(C5=CC=C6C=CC(C7C=CC(c8cc9cc[nH]c9c9ncccc89)=CC7)=CC6N5)cc4N3)=NC2C=C1. The summed E-state index contributed by atoms with van der Waals surface area (Å²) in [5.74, 6) is 0.336. The fourth-order valence-electron chi connectivity index (χ4n) is 7.73. The van der Waals surface area contributed by atoms with Gasteiger partial charge < -0.3 is 15.6 Å². The number of H-pyrrole nitrogens is 1. The molecule has 4 aromatic rings. The van der Waals surface area contributed by atoms with Gasteiger partial charge in [-0.3, -0.25) is 9.98 Å². The number of nitrogens with zero attached hydrogens (tertiary/aromatic N) is 2. The van der Waals surface area contributed by atoms with Gasteiger partial charge in [-0.25, -0.2) is 0 Å². The first-order chi connectivity index (χ1) is 23.7. The second-order valence-electron chi connectivity index (χ2n) is 13.2. The van der Waals surface area contributed by atoms with Crippen LogP contribution in [0.15, 0.2) is 162 Å². The molecule has 2 aromatic heterocycles. The van der Waals surface area contributed by atoms with Gasteiger partial charge in [-0.05, 0) is 81.8 Å². The highest BCUT2D eigenvalue weighted by Crippen LogP contribution is 2.37. The number of pyridine rings is 1. The minimum Gasteiger partial charge on any atom is -0.374 e. The van der Waals surface area contributed by atoms with E-state index in [-0.39, 0.29) is 18.1 Å². The number of dihydropyridines is 1. The Morgan fingerprint density at radius 3 is 2.71 bits per heavy atom. The zero-order valence-corrected chi connectivity index (χ0v) is 26.3. The van der Waals surface area contributed by atoms with Crippen LogP contribution in [-0.2, 0) is 0 Å². The Balaban J connectivity index is 0.865. The van der Waals surface area contributed by atoms with Gasteiger partial charge in [-0.1, -0.05) is 97.2 Å². The molecule has 3 aliphatic carbocycles. The minimum absolute atomic E-state index is 0.0615. The van der Waals surface area contributed by atoms with Gasteiger partial charge in [-0.2, -0.15) is 0 Å². The fourth-order valence-corrected chi connectivity index (χ4v) is 7.73. The summed E-state index contributed by atoms with van der Waals surface area (Å²) in [6.45, 7) is 0. The first-order valence-corrected chi connectivity index (χ1v) is 16.8. The Morgan fingerprint density at radius 2 is 1.77 bits per heavy atom. The van der Waals surface area contributed by atoms with Crippen LogP contribution < -0.4 is 10.6 Å². The summed E-state index contributed by atoms with van der Waals surface area (Å²) < 4.78 is 0. The Bertz CT molecular complexity index is 2400. The van der Waals surface area contributed by atoms with Crippen LogP contribution in [0.5, 0.6) is 0 Å². The van der Waals surface area contributed by atoms with E-state index in [1.807, 2.05) is 18.5 Å². The molecule has 4 atom stereocenters. The van der Waals surface area contributed by atoms with E-state index >= 15 is 0 Å². The zero-order chi connectivity index (χ0) is 31.6. The van der Waals surface area contributed by atoms with E-state index < -0.39 is 0 Å². The van der Waals surface area contributed by atoms with Crippen molar-refractivity contribution in [1.82, 2.24) is 15.3 Å². The van der Waals surface area contributed by atoms with Gasteiger partial charge in [0, 0.05) is 40.5 Å². The molecule has 3 N–H and O–H groups in total.